The molecule has 4 nitrogen and oxygen atoms in total. The Morgan fingerprint density at radius 2 is 1.95 bits per heavy atom. The highest BCUT2D eigenvalue weighted by Crippen LogP contribution is 2.28. The molecule has 1 aliphatic heterocycles. The van der Waals surface area contributed by atoms with E-state index in [9.17, 15) is 0 Å². The Bertz CT molecular complexity index is 609. The van der Waals surface area contributed by atoms with E-state index in [1.807, 2.05) is 24.3 Å². The zero-order valence-corrected chi connectivity index (χ0v) is 11.4. The van der Waals surface area contributed by atoms with Crippen molar-refractivity contribution in [2.75, 3.05) is 0 Å². The van der Waals surface area contributed by atoms with Gasteiger partial charge in [-0.2, -0.15) is 5.26 Å². The second-order valence-corrected chi connectivity index (χ2v) is 5.64. The summed E-state index contributed by atoms with van der Waals surface area (Å²) in [5, 5.41) is 18.3. The molecular weight excluding hydrogens is 256 g/mol. The summed E-state index contributed by atoms with van der Waals surface area (Å²) >= 11 is 1.62. The molecule has 0 spiro atoms. The first-order valence-electron chi connectivity index (χ1n) is 6.47. The quantitative estimate of drug-likeness (QED) is 0.841. The van der Waals surface area contributed by atoms with Gasteiger partial charge < -0.3 is 4.57 Å². The van der Waals surface area contributed by atoms with Crippen molar-refractivity contribution in [1.82, 2.24) is 14.8 Å². The predicted octanol–water partition coefficient (Wildman–Crippen LogP) is 3.03. The first kappa shape index (κ1) is 12.2. The highest BCUT2D eigenvalue weighted by atomic mass is 32.2. The van der Waals surface area contributed by atoms with E-state index >= 15 is 0 Å². The first-order valence-corrected chi connectivity index (χ1v) is 7.28. The second kappa shape index (κ2) is 5.45. The van der Waals surface area contributed by atoms with Crippen molar-refractivity contribution in [3.8, 4) is 6.07 Å². The molecule has 5 heteroatoms. The Labute approximate surface area is 116 Å². The number of nitrogens with zero attached hydrogens (tertiary/aromatic N) is 4. The highest BCUT2D eigenvalue weighted by Gasteiger charge is 2.15. The Balaban J connectivity index is 1.83. The lowest BCUT2D eigenvalue weighted by Crippen LogP contribution is -2.02. The van der Waals surface area contributed by atoms with Gasteiger partial charge >= 0.3 is 0 Å². The molecule has 0 fully saturated rings. The summed E-state index contributed by atoms with van der Waals surface area (Å²) in [5.74, 6) is 1.11. The number of aryl methyl sites for hydroxylation is 1. The molecule has 0 unspecified atom stereocenters. The van der Waals surface area contributed by atoms with E-state index in [0.717, 1.165) is 28.8 Å². The molecule has 96 valence electrons. The largest absolute Gasteiger partial charge is 0.306 e. The van der Waals surface area contributed by atoms with E-state index in [1.54, 1.807) is 11.8 Å². The van der Waals surface area contributed by atoms with Crippen molar-refractivity contribution < 1.29 is 0 Å². The van der Waals surface area contributed by atoms with Crippen molar-refractivity contribution in [2.24, 2.45) is 0 Å². The molecule has 0 N–H and O–H groups in total. The van der Waals surface area contributed by atoms with Gasteiger partial charge in [-0.3, -0.25) is 0 Å². The van der Waals surface area contributed by atoms with Gasteiger partial charge in [0.15, 0.2) is 5.16 Å². The number of rotatable bonds is 2. The molecule has 0 amide bonds. The minimum atomic E-state index is 0.685. The van der Waals surface area contributed by atoms with Gasteiger partial charge in [-0.05, 0) is 48.9 Å². The van der Waals surface area contributed by atoms with Crippen LogP contribution in [0.2, 0.25) is 0 Å². The molecule has 19 heavy (non-hydrogen) atoms. The molecule has 0 aliphatic carbocycles. The molecule has 2 heterocycles. The van der Waals surface area contributed by atoms with Crippen molar-refractivity contribution in [2.45, 2.75) is 42.3 Å². The number of nitriles is 1. The number of aromatic nitrogens is 3. The number of hydrogen-bond donors (Lipinski definition) is 0. The molecule has 0 bridgehead atoms. The Morgan fingerprint density at radius 1 is 1.11 bits per heavy atom. The van der Waals surface area contributed by atoms with Crippen LogP contribution in [0.3, 0.4) is 0 Å². The van der Waals surface area contributed by atoms with Crippen molar-refractivity contribution in [1.29, 1.82) is 5.26 Å². The molecule has 3 rings (SSSR count). The first-order chi connectivity index (χ1) is 9.36. The van der Waals surface area contributed by atoms with E-state index in [1.165, 1.54) is 19.3 Å². The van der Waals surface area contributed by atoms with Gasteiger partial charge in [-0.25, -0.2) is 0 Å². The van der Waals surface area contributed by atoms with Gasteiger partial charge in [0.1, 0.15) is 5.82 Å². The van der Waals surface area contributed by atoms with E-state index < -0.39 is 0 Å². The minimum Gasteiger partial charge on any atom is -0.306 e. The van der Waals surface area contributed by atoms with E-state index in [4.69, 9.17) is 5.26 Å². The van der Waals surface area contributed by atoms with Gasteiger partial charge in [0.05, 0.1) is 11.6 Å². The summed E-state index contributed by atoms with van der Waals surface area (Å²) in [6.45, 7) is 1.01. The van der Waals surface area contributed by atoms with Crippen LogP contribution in [0, 0.1) is 11.3 Å². The van der Waals surface area contributed by atoms with Crippen molar-refractivity contribution >= 4 is 11.8 Å². The van der Waals surface area contributed by atoms with Crippen molar-refractivity contribution in [3.05, 3.63) is 35.7 Å². The molecule has 0 atom stereocenters. The van der Waals surface area contributed by atoms with E-state index in [0.29, 0.717) is 5.56 Å². The van der Waals surface area contributed by atoms with Crippen LogP contribution in [-0.4, -0.2) is 14.8 Å². The SMILES string of the molecule is N#Cc1ccc(Sc2nnc3n2CCCCC3)cc1. The summed E-state index contributed by atoms with van der Waals surface area (Å²) in [4.78, 5) is 1.10. The number of fused-ring (bicyclic) bond motifs is 1. The molecule has 0 saturated heterocycles. The van der Waals surface area contributed by atoms with Crippen LogP contribution < -0.4 is 0 Å². The van der Waals surface area contributed by atoms with E-state index in [2.05, 4.69) is 20.8 Å². The summed E-state index contributed by atoms with van der Waals surface area (Å²) in [6.07, 6.45) is 4.71. The van der Waals surface area contributed by atoms with Gasteiger partial charge in [0, 0.05) is 17.9 Å². The van der Waals surface area contributed by atoms with Crippen LogP contribution in [0.5, 0.6) is 0 Å². The van der Waals surface area contributed by atoms with E-state index in [-0.39, 0.29) is 0 Å². The Morgan fingerprint density at radius 3 is 2.74 bits per heavy atom. The second-order valence-electron chi connectivity index (χ2n) is 4.60. The fraction of sp³-hybridized carbons (Fsp3) is 0.357. The molecule has 2 aromatic rings. The fourth-order valence-electron chi connectivity index (χ4n) is 2.24. The van der Waals surface area contributed by atoms with Crippen LogP contribution in [-0.2, 0) is 13.0 Å². The molecule has 1 aromatic heterocycles. The summed E-state index contributed by atoms with van der Waals surface area (Å²) in [6, 6.07) is 9.72. The van der Waals surface area contributed by atoms with Gasteiger partial charge in [0.25, 0.3) is 0 Å². The third-order valence-corrected chi connectivity index (χ3v) is 4.26. The summed E-state index contributed by atoms with van der Waals surface area (Å²) in [7, 11) is 0. The van der Waals surface area contributed by atoms with Crippen LogP contribution in [0.25, 0.3) is 0 Å². The Hall–Kier alpha value is -1.80. The zero-order chi connectivity index (χ0) is 13.1. The minimum absolute atomic E-state index is 0.685. The smallest absolute Gasteiger partial charge is 0.196 e. The summed E-state index contributed by atoms with van der Waals surface area (Å²) in [5.41, 5.74) is 0.685. The number of benzene rings is 1. The zero-order valence-electron chi connectivity index (χ0n) is 10.5. The number of hydrogen-bond acceptors (Lipinski definition) is 4. The van der Waals surface area contributed by atoms with Crippen LogP contribution in [0.15, 0.2) is 34.3 Å². The standard InChI is InChI=1S/C14H14N4S/c15-10-11-5-7-12(8-6-11)19-14-17-16-13-4-2-1-3-9-18(13)14/h5-8H,1-4,9H2. The fourth-order valence-corrected chi connectivity index (χ4v) is 3.11. The highest BCUT2D eigenvalue weighted by molar-refractivity contribution is 7.99. The van der Waals surface area contributed by atoms with Gasteiger partial charge in [-0.15, -0.1) is 10.2 Å². The maximum Gasteiger partial charge on any atom is 0.196 e. The maximum absolute atomic E-state index is 8.79. The lowest BCUT2D eigenvalue weighted by molar-refractivity contribution is 0.591. The lowest BCUT2D eigenvalue weighted by Gasteiger charge is -2.06. The Kier molecular flexibility index (Phi) is 3.51. The average molecular weight is 270 g/mol. The molecule has 0 saturated carbocycles. The average Bonchev–Trinajstić information content (AvgIpc) is 2.68. The normalized spacial score (nSPS) is 14.5. The van der Waals surface area contributed by atoms with Crippen LogP contribution in [0.4, 0.5) is 0 Å². The van der Waals surface area contributed by atoms with Crippen molar-refractivity contribution in [3.63, 3.8) is 0 Å². The molecular formula is C14H14N4S. The molecule has 0 radical (unpaired) electrons. The van der Waals surface area contributed by atoms with Gasteiger partial charge in [0.2, 0.25) is 0 Å². The monoisotopic (exact) mass is 270 g/mol. The van der Waals surface area contributed by atoms with Crippen LogP contribution in [0.1, 0.15) is 30.7 Å². The van der Waals surface area contributed by atoms with Crippen LogP contribution >= 0.6 is 11.8 Å². The maximum atomic E-state index is 8.79. The topological polar surface area (TPSA) is 54.5 Å². The predicted molar refractivity (Wildman–Crippen MR) is 72.9 cm³/mol. The summed E-state index contributed by atoms with van der Waals surface area (Å²) < 4.78 is 2.23. The lowest BCUT2D eigenvalue weighted by atomic mass is 10.2. The third kappa shape index (κ3) is 2.64. The van der Waals surface area contributed by atoms with Gasteiger partial charge in [-0.1, -0.05) is 6.42 Å². The molecule has 1 aliphatic rings. The molecule has 1 aromatic carbocycles. The third-order valence-electron chi connectivity index (χ3n) is 3.27.